The van der Waals surface area contributed by atoms with Crippen LogP contribution in [-0.2, 0) is 9.53 Å². The first-order valence-corrected chi connectivity index (χ1v) is 8.82. The second-order valence-electron chi connectivity index (χ2n) is 7.20. The quantitative estimate of drug-likeness (QED) is 0.712. The Morgan fingerprint density at radius 2 is 1.92 bits per heavy atom. The van der Waals surface area contributed by atoms with Crippen molar-refractivity contribution in [3.8, 4) is 0 Å². The number of ether oxygens (including phenoxy) is 1. The lowest BCUT2D eigenvalue weighted by molar-refractivity contribution is -0.140. The Kier molecular flexibility index (Phi) is 7.60. The molecule has 142 valence electrons. The maximum Gasteiger partial charge on any atom is 0.326 e. The summed E-state index contributed by atoms with van der Waals surface area (Å²) in [6.45, 7) is 12.0. The molecule has 0 saturated carbocycles. The van der Waals surface area contributed by atoms with Crippen LogP contribution in [0.1, 0.15) is 76.1 Å². The van der Waals surface area contributed by atoms with Gasteiger partial charge in [0.1, 0.15) is 11.7 Å². The average molecular weight is 353 g/mol. The number of amides is 1. The third kappa shape index (κ3) is 6.49. The van der Waals surface area contributed by atoms with E-state index in [1.54, 1.807) is 6.07 Å². The van der Waals surface area contributed by atoms with Crippen molar-refractivity contribution in [2.75, 3.05) is 6.61 Å². The second-order valence-corrected chi connectivity index (χ2v) is 7.20. The van der Waals surface area contributed by atoms with Crippen LogP contribution in [0.5, 0.6) is 0 Å². The molecule has 1 amide bonds. The number of aromatic nitrogens is 2. The molecule has 1 aromatic heterocycles. The van der Waals surface area contributed by atoms with Gasteiger partial charge in [0.15, 0.2) is 0 Å². The summed E-state index contributed by atoms with van der Waals surface area (Å²) in [5, 5.41) is 16.2. The van der Waals surface area contributed by atoms with Crippen LogP contribution in [0.4, 0.5) is 0 Å². The zero-order valence-corrected chi connectivity index (χ0v) is 16.1. The van der Waals surface area contributed by atoms with Gasteiger partial charge in [-0.3, -0.25) is 9.48 Å². The molecule has 7 nitrogen and oxygen atoms in total. The van der Waals surface area contributed by atoms with Crippen molar-refractivity contribution in [1.82, 2.24) is 15.1 Å². The SMILES string of the molecule is CCC(CC)n1nc(C(=O)NC(CCOC(C)(C)C)C(=O)O)cc1C. The molecule has 0 radical (unpaired) electrons. The Bertz CT molecular complexity index is 586. The van der Waals surface area contributed by atoms with Gasteiger partial charge >= 0.3 is 5.97 Å². The number of rotatable bonds is 9. The highest BCUT2D eigenvalue weighted by atomic mass is 16.5. The number of carboxylic acids is 1. The van der Waals surface area contributed by atoms with Crippen molar-refractivity contribution in [2.45, 2.75) is 78.5 Å². The van der Waals surface area contributed by atoms with Crippen molar-refractivity contribution in [1.29, 1.82) is 0 Å². The van der Waals surface area contributed by atoms with Gasteiger partial charge in [0.2, 0.25) is 0 Å². The van der Waals surface area contributed by atoms with E-state index in [1.165, 1.54) is 0 Å². The van der Waals surface area contributed by atoms with Crippen LogP contribution in [0.25, 0.3) is 0 Å². The lowest BCUT2D eigenvalue weighted by Gasteiger charge is -2.21. The van der Waals surface area contributed by atoms with Gasteiger partial charge in [0, 0.05) is 18.7 Å². The molecule has 0 saturated heterocycles. The van der Waals surface area contributed by atoms with Crippen LogP contribution >= 0.6 is 0 Å². The molecule has 0 fully saturated rings. The number of carbonyl (C=O) groups excluding carboxylic acids is 1. The molecule has 7 heteroatoms. The fourth-order valence-corrected chi connectivity index (χ4v) is 2.58. The van der Waals surface area contributed by atoms with Gasteiger partial charge in [-0.25, -0.2) is 4.79 Å². The third-order valence-corrected chi connectivity index (χ3v) is 3.99. The summed E-state index contributed by atoms with van der Waals surface area (Å²) < 4.78 is 7.39. The highest BCUT2D eigenvalue weighted by molar-refractivity contribution is 5.95. The van der Waals surface area contributed by atoms with Gasteiger partial charge < -0.3 is 15.2 Å². The van der Waals surface area contributed by atoms with E-state index in [-0.39, 0.29) is 30.4 Å². The van der Waals surface area contributed by atoms with Crippen molar-refractivity contribution >= 4 is 11.9 Å². The number of carbonyl (C=O) groups is 2. The van der Waals surface area contributed by atoms with E-state index < -0.39 is 17.9 Å². The molecule has 0 aliphatic rings. The number of aryl methyl sites for hydroxylation is 1. The Hall–Kier alpha value is -1.89. The summed E-state index contributed by atoms with van der Waals surface area (Å²) >= 11 is 0. The molecule has 1 rings (SSSR count). The highest BCUT2D eigenvalue weighted by Gasteiger charge is 2.24. The molecule has 1 aromatic rings. The summed E-state index contributed by atoms with van der Waals surface area (Å²) in [5.41, 5.74) is 0.785. The summed E-state index contributed by atoms with van der Waals surface area (Å²) in [5.74, 6) is -1.56. The van der Waals surface area contributed by atoms with Crippen molar-refractivity contribution in [3.05, 3.63) is 17.5 Å². The summed E-state index contributed by atoms with van der Waals surface area (Å²) in [6.07, 6.45) is 2.04. The first-order chi connectivity index (χ1) is 11.6. The Morgan fingerprint density at radius 3 is 2.40 bits per heavy atom. The topological polar surface area (TPSA) is 93.5 Å². The zero-order chi connectivity index (χ0) is 19.2. The molecule has 2 N–H and O–H groups in total. The molecule has 0 bridgehead atoms. The summed E-state index contributed by atoms with van der Waals surface area (Å²) in [7, 11) is 0. The summed E-state index contributed by atoms with van der Waals surface area (Å²) in [4.78, 5) is 23.8. The normalized spacial score (nSPS) is 13.1. The molecular formula is C18H31N3O4. The second kappa shape index (κ2) is 8.99. The summed E-state index contributed by atoms with van der Waals surface area (Å²) in [6, 6.07) is 0.920. The number of nitrogens with zero attached hydrogens (tertiary/aromatic N) is 2. The van der Waals surface area contributed by atoms with Gasteiger partial charge in [0.05, 0.1) is 11.6 Å². The fourth-order valence-electron chi connectivity index (χ4n) is 2.58. The van der Waals surface area contributed by atoms with Gasteiger partial charge in [-0.05, 0) is 46.6 Å². The van der Waals surface area contributed by atoms with Crippen molar-refractivity contribution in [3.63, 3.8) is 0 Å². The number of hydrogen-bond acceptors (Lipinski definition) is 4. The van der Waals surface area contributed by atoms with Crippen LogP contribution in [0, 0.1) is 6.92 Å². The molecule has 1 heterocycles. The lowest BCUT2D eigenvalue weighted by atomic mass is 10.1. The Balaban J connectivity index is 2.77. The standard InChI is InChI=1S/C18H31N3O4/c1-7-13(8-2)21-12(3)11-15(20-21)16(22)19-14(17(23)24)9-10-25-18(4,5)6/h11,13-14H,7-10H2,1-6H3,(H,19,22)(H,23,24). The molecule has 25 heavy (non-hydrogen) atoms. The first kappa shape index (κ1) is 21.2. The minimum atomic E-state index is -1.08. The highest BCUT2D eigenvalue weighted by Crippen LogP contribution is 2.18. The predicted octanol–water partition coefficient (Wildman–Crippen LogP) is 2.94. The van der Waals surface area contributed by atoms with Gasteiger partial charge in [-0.2, -0.15) is 5.10 Å². The molecule has 1 atom stereocenters. The Labute approximate surface area is 149 Å². The number of aliphatic carboxylic acids is 1. The average Bonchev–Trinajstić information content (AvgIpc) is 2.88. The van der Waals surface area contributed by atoms with Gasteiger partial charge in [-0.15, -0.1) is 0 Å². The molecule has 1 unspecified atom stereocenters. The van der Waals surface area contributed by atoms with Crippen molar-refractivity contribution < 1.29 is 19.4 Å². The number of nitrogens with one attached hydrogen (secondary N) is 1. The van der Waals surface area contributed by atoms with E-state index in [4.69, 9.17) is 4.74 Å². The van der Waals surface area contributed by atoms with E-state index in [2.05, 4.69) is 24.3 Å². The van der Waals surface area contributed by atoms with E-state index in [0.29, 0.717) is 0 Å². The number of hydrogen-bond donors (Lipinski definition) is 2. The molecule has 0 spiro atoms. The monoisotopic (exact) mass is 353 g/mol. The first-order valence-electron chi connectivity index (χ1n) is 8.82. The van der Waals surface area contributed by atoms with E-state index >= 15 is 0 Å². The van der Waals surface area contributed by atoms with Crippen LogP contribution in [0.2, 0.25) is 0 Å². The largest absolute Gasteiger partial charge is 0.480 e. The number of carboxylic acid groups (broad SMARTS) is 1. The van der Waals surface area contributed by atoms with E-state index in [9.17, 15) is 14.7 Å². The third-order valence-electron chi connectivity index (χ3n) is 3.99. The lowest BCUT2D eigenvalue weighted by Crippen LogP contribution is -2.42. The maximum absolute atomic E-state index is 12.4. The molecular weight excluding hydrogens is 322 g/mol. The van der Waals surface area contributed by atoms with E-state index in [0.717, 1.165) is 18.5 Å². The zero-order valence-electron chi connectivity index (χ0n) is 16.1. The fraction of sp³-hybridized carbons (Fsp3) is 0.722. The predicted molar refractivity (Wildman–Crippen MR) is 95.8 cm³/mol. The van der Waals surface area contributed by atoms with Crippen LogP contribution < -0.4 is 5.32 Å². The minimum absolute atomic E-state index is 0.199. The van der Waals surface area contributed by atoms with E-state index in [1.807, 2.05) is 32.4 Å². The van der Waals surface area contributed by atoms with Crippen LogP contribution in [0.15, 0.2) is 6.07 Å². The molecule has 0 aliphatic carbocycles. The Morgan fingerprint density at radius 1 is 1.32 bits per heavy atom. The van der Waals surface area contributed by atoms with Crippen LogP contribution in [0.3, 0.4) is 0 Å². The molecule has 0 aromatic carbocycles. The maximum atomic E-state index is 12.4. The van der Waals surface area contributed by atoms with Gasteiger partial charge in [0.25, 0.3) is 5.91 Å². The molecule has 0 aliphatic heterocycles. The minimum Gasteiger partial charge on any atom is -0.480 e. The van der Waals surface area contributed by atoms with Gasteiger partial charge in [-0.1, -0.05) is 13.8 Å². The van der Waals surface area contributed by atoms with Crippen LogP contribution in [-0.4, -0.2) is 45.0 Å². The van der Waals surface area contributed by atoms with Crippen molar-refractivity contribution in [2.24, 2.45) is 0 Å². The smallest absolute Gasteiger partial charge is 0.326 e.